The highest BCUT2D eigenvalue weighted by Crippen LogP contribution is 2.32. The van der Waals surface area contributed by atoms with Crippen LogP contribution in [-0.4, -0.2) is 6.61 Å². The van der Waals surface area contributed by atoms with Gasteiger partial charge in [-0.2, -0.15) is 0 Å². The molecule has 0 spiro atoms. The lowest BCUT2D eigenvalue weighted by molar-refractivity contribution is 0.357. The van der Waals surface area contributed by atoms with Gasteiger partial charge in [0, 0.05) is 12.0 Å². The fourth-order valence-corrected chi connectivity index (χ4v) is 2.30. The van der Waals surface area contributed by atoms with Crippen LogP contribution >= 0.6 is 0 Å². The van der Waals surface area contributed by atoms with Gasteiger partial charge in [-0.05, 0) is 28.8 Å². The third-order valence-electron chi connectivity index (χ3n) is 3.17. The number of hydrogen-bond donors (Lipinski definition) is 0. The smallest absolute Gasteiger partial charge is 0.123 e. The maximum Gasteiger partial charge on any atom is 0.123 e. The highest BCUT2D eigenvalue weighted by molar-refractivity contribution is 5.88. The zero-order valence-electron chi connectivity index (χ0n) is 8.92. The Morgan fingerprint density at radius 3 is 3.00 bits per heavy atom. The van der Waals surface area contributed by atoms with E-state index in [1.165, 1.54) is 21.9 Å². The summed E-state index contributed by atoms with van der Waals surface area (Å²) >= 11 is 0. The lowest BCUT2D eigenvalue weighted by atomic mass is 10.00. The van der Waals surface area contributed by atoms with Crippen LogP contribution in [0.15, 0.2) is 30.3 Å². The first kappa shape index (κ1) is 8.78. The average Bonchev–Trinajstić information content (AvgIpc) is 2.76. The molecule has 0 fully saturated rings. The van der Waals surface area contributed by atoms with Crippen LogP contribution in [0, 0.1) is 0 Å². The SMILES string of the molecule is CCc1ccc2c3c(ccc2c1)OCC3. The molecule has 0 saturated carbocycles. The molecule has 1 nitrogen and oxygen atoms in total. The molecule has 0 unspecified atom stereocenters. The third-order valence-corrected chi connectivity index (χ3v) is 3.17. The van der Waals surface area contributed by atoms with E-state index in [2.05, 4.69) is 37.3 Å². The lowest BCUT2D eigenvalue weighted by Gasteiger charge is -2.05. The molecule has 0 aliphatic carbocycles. The van der Waals surface area contributed by atoms with Crippen molar-refractivity contribution in [3.8, 4) is 5.75 Å². The van der Waals surface area contributed by atoms with Crippen molar-refractivity contribution in [3.05, 3.63) is 41.5 Å². The van der Waals surface area contributed by atoms with E-state index in [-0.39, 0.29) is 0 Å². The molecule has 15 heavy (non-hydrogen) atoms. The van der Waals surface area contributed by atoms with Crippen molar-refractivity contribution in [2.45, 2.75) is 19.8 Å². The number of fused-ring (bicyclic) bond motifs is 3. The molecule has 0 saturated heterocycles. The van der Waals surface area contributed by atoms with Crippen LogP contribution in [0.2, 0.25) is 0 Å². The van der Waals surface area contributed by atoms with Gasteiger partial charge in [-0.1, -0.05) is 31.2 Å². The summed E-state index contributed by atoms with van der Waals surface area (Å²) in [7, 11) is 0. The van der Waals surface area contributed by atoms with Crippen molar-refractivity contribution in [2.24, 2.45) is 0 Å². The fraction of sp³-hybridized carbons (Fsp3) is 0.286. The Labute approximate surface area is 89.7 Å². The molecule has 0 N–H and O–H groups in total. The number of benzene rings is 2. The van der Waals surface area contributed by atoms with Crippen molar-refractivity contribution in [1.29, 1.82) is 0 Å². The number of hydrogen-bond acceptors (Lipinski definition) is 1. The van der Waals surface area contributed by atoms with Crippen molar-refractivity contribution >= 4 is 10.8 Å². The summed E-state index contributed by atoms with van der Waals surface area (Å²) in [6, 6.07) is 11.0. The lowest BCUT2D eigenvalue weighted by Crippen LogP contribution is -1.86. The van der Waals surface area contributed by atoms with Crippen LogP contribution < -0.4 is 4.74 Å². The third kappa shape index (κ3) is 1.30. The maximum absolute atomic E-state index is 5.56. The Morgan fingerprint density at radius 2 is 2.13 bits per heavy atom. The van der Waals surface area contributed by atoms with E-state index in [0.29, 0.717) is 0 Å². The second-order valence-corrected chi connectivity index (χ2v) is 4.05. The predicted molar refractivity (Wildman–Crippen MR) is 62.5 cm³/mol. The molecule has 1 aliphatic rings. The number of aryl methyl sites for hydroxylation is 1. The van der Waals surface area contributed by atoms with E-state index in [4.69, 9.17) is 4.74 Å². The van der Waals surface area contributed by atoms with E-state index in [1.54, 1.807) is 0 Å². The van der Waals surface area contributed by atoms with Gasteiger partial charge in [-0.25, -0.2) is 0 Å². The summed E-state index contributed by atoms with van der Waals surface area (Å²) in [5, 5.41) is 2.71. The van der Waals surface area contributed by atoms with E-state index < -0.39 is 0 Å². The van der Waals surface area contributed by atoms with Crippen LogP contribution in [0.1, 0.15) is 18.1 Å². The monoisotopic (exact) mass is 198 g/mol. The fourth-order valence-electron chi connectivity index (χ4n) is 2.30. The van der Waals surface area contributed by atoms with Gasteiger partial charge in [0.2, 0.25) is 0 Å². The first-order valence-corrected chi connectivity index (χ1v) is 5.56. The van der Waals surface area contributed by atoms with Crippen molar-refractivity contribution in [1.82, 2.24) is 0 Å². The summed E-state index contributed by atoms with van der Waals surface area (Å²) in [6.07, 6.45) is 2.15. The number of ether oxygens (including phenoxy) is 1. The molecular weight excluding hydrogens is 184 g/mol. The molecule has 76 valence electrons. The van der Waals surface area contributed by atoms with Crippen LogP contribution in [-0.2, 0) is 12.8 Å². The molecule has 1 heterocycles. The van der Waals surface area contributed by atoms with Gasteiger partial charge in [0.05, 0.1) is 6.61 Å². The Balaban J connectivity index is 2.29. The predicted octanol–water partition coefficient (Wildman–Crippen LogP) is 3.34. The molecular formula is C14H14O. The van der Waals surface area contributed by atoms with Gasteiger partial charge >= 0.3 is 0 Å². The summed E-state index contributed by atoms with van der Waals surface area (Å²) in [6.45, 7) is 3.03. The van der Waals surface area contributed by atoms with Crippen LogP contribution in [0.25, 0.3) is 10.8 Å². The number of rotatable bonds is 1. The van der Waals surface area contributed by atoms with Crippen molar-refractivity contribution in [3.63, 3.8) is 0 Å². The standard InChI is InChI=1S/C14H14O/c1-2-10-3-5-12-11(9-10)4-6-14-13(12)7-8-15-14/h3-6,9H,2,7-8H2,1H3. The van der Waals surface area contributed by atoms with Gasteiger partial charge in [-0.15, -0.1) is 0 Å². The summed E-state index contributed by atoms with van der Waals surface area (Å²) in [4.78, 5) is 0. The first-order valence-electron chi connectivity index (χ1n) is 5.56. The maximum atomic E-state index is 5.56. The minimum Gasteiger partial charge on any atom is -0.493 e. The van der Waals surface area contributed by atoms with Gasteiger partial charge in [0.1, 0.15) is 5.75 Å². The molecule has 2 aromatic rings. The molecule has 2 aromatic carbocycles. The van der Waals surface area contributed by atoms with Gasteiger partial charge < -0.3 is 4.74 Å². The molecule has 0 radical (unpaired) electrons. The summed E-state index contributed by atoms with van der Waals surface area (Å²) < 4.78 is 5.56. The Kier molecular flexibility index (Phi) is 1.91. The Hall–Kier alpha value is -1.50. The largest absolute Gasteiger partial charge is 0.493 e. The van der Waals surface area contributed by atoms with Crippen molar-refractivity contribution in [2.75, 3.05) is 6.61 Å². The van der Waals surface area contributed by atoms with Crippen LogP contribution in [0.3, 0.4) is 0 Å². The van der Waals surface area contributed by atoms with Crippen LogP contribution in [0.5, 0.6) is 5.75 Å². The van der Waals surface area contributed by atoms with E-state index in [9.17, 15) is 0 Å². The van der Waals surface area contributed by atoms with Gasteiger partial charge in [0.15, 0.2) is 0 Å². The van der Waals surface area contributed by atoms with Crippen LogP contribution in [0.4, 0.5) is 0 Å². The van der Waals surface area contributed by atoms with E-state index >= 15 is 0 Å². The van der Waals surface area contributed by atoms with Crippen molar-refractivity contribution < 1.29 is 4.74 Å². The molecule has 0 bridgehead atoms. The van der Waals surface area contributed by atoms with E-state index in [1.807, 2.05) is 0 Å². The van der Waals surface area contributed by atoms with Gasteiger partial charge in [0.25, 0.3) is 0 Å². The minimum atomic E-state index is 0.837. The highest BCUT2D eigenvalue weighted by Gasteiger charge is 2.14. The quantitative estimate of drug-likeness (QED) is 0.683. The second kappa shape index (κ2) is 3.27. The molecule has 1 aliphatic heterocycles. The normalized spacial score (nSPS) is 13.9. The molecule has 1 heteroatoms. The molecule has 0 amide bonds. The average molecular weight is 198 g/mol. The molecule has 3 rings (SSSR count). The molecule has 0 aromatic heterocycles. The molecule has 0 atom stereocenters. The Bertz CT molecular complexity index is 514. The zero-order valence-corrected chi connectivity index (χ0v) is 8.92. The minimum absolute atomic E-state index is 0.837. The summed E-state index contributed by atoms with van der Waals surface area (Å²) in [5.41, 5.74) is 2.79. The van der Waals surface area contributed by atoms with E-state index in [0.717, 1.165) is 25.2 Å². The zero-order chi connectivity index (χ0) is 10.3. The first-order chi connectivity index (χ1) is 7.38. The highest BCUT2D eigenvalue weighted by atomic mass is 16.5. The Morgan fingerprint density at radius 1 is 1.20 bits per heavy atom. The van der Waals surface area contributed by atoms with Gasteiger partial charge in [-0.3, -0.25) is 0 Å². The summed E-state index contributed by atoms with van der Waals surface area (Å²) in [5.74, 6) is 1.08. The topological polar surface area (TPSA) is 9.23 Å². The second-order valence-electron chi connectivity index (χ2n) is 4.05.